The molecule has 1 aliphatic heterocycles. The fourth-order valence-electron chi connectivity index (χ4n) is 5.05. The second-order valence-electron chi connectivity index (χ2n) is 9.16. The van der Waals surface area contributed by atoms with Crippen molar-refractivity contribution >= 4 is 33.7 Å². The van der Waals surface area contributed by atoms with Gasteiger partial charge in [-0.15, -0.1) is 0 Å². The Hall–Kier alpha value is -3.61. The van der Waals surface area contributed by atoms with Gasteiger partial charge < -0.3 is 19.8 Å². The maximum Gasteiger partial charge on any atom is 0.293 e. The van der Waals surface area contributed by atoms with Crippen molar-refractivity contribution < 1.29 is 4.79 Å². The normalized spacial score (nSPS) is 16.3. The van der Waals surface area contributed by atoms with Gasteiger partial charge in [-0.1, -0.05) is 23.8 Å². The topological polar surface area (TPSA) is 83.0 Å². The summed E-state index contributed by atoms with van der Waals surface area (Å²) in [7, 11) is 0. The fraction of sp³-hybridized carbons (Fsp3) is 0.370. The molecule has 176 valence electrons. The monoisotopic (exact) mass is 457 g/mol. The SMILES string of the molecule is CCn1c(=O)c(N2CCCC(C(=O)NCCc3c[nH]c4ccc(C)cc34)C2)nc2ccccc21. The molecule has 2 aromatic heterocycles. The van der Waals surface area contributed by atoms with Crippen LogP contribution in [0.2, 0.25) is 0 Å². The lowest BCUT2D eigenvalue weighted by atomic mass is 9.97. The summed E-state index contributed by atoms with van der Waals surface area (Å²) in [5.41, 5.74) is 5.12. The van der Waals surface area contributed by atoms with Gasteiger partial charge in [0.2, 0.25) is 5.91 Å². The second-order valence-corrected chi connectivity index (χ2v) is 9.16. The number of rotatable bonds is 6. The molecule has 1 saturated heterocycles. The zero-order chi connectivity index (χ0) is 23.7. The maximum atomic E-state index is 13.2. The van der Waals surface area contributed by atoms with Gasteiger partial charge >= 0.3 is 0 Å². The van der Waals surface area contributed by atoms with Crippen LogP contribution in [0, 0.1) is 12.8 Å². The number of piperidine rings is 1. The molecule has 7 heteroatoms. The predicted octanol–water partition coefficient (Wildman–Crippen LogP) is 3.78. The van der Waals surface area contributed by atoms with E-state index in [4.69, 9.17) is 4.98 Å². The Morgan fingerprint density at radius 3 is 2.94 bits per heavy atom. The smallest absolute Gasteiger partial charge is 0.293 e. The number of anilines is 1. The number of aromatic amines is 1. The molecular weight excluding hydrogens is 426 g/mol. The van der Waals surface area contributed by atoms with Crippen LogP contribution in [0.5, 0.6) is 0 Å². The van der Waals surface area contributed by atoms with Gasteiger partial charge in [0.05, 0.1) is 17.0 Å². The van der Waals surface area contributed by atoms with E-state index in [-0.39, 0.29) is 17.4 Å². The van der Waals surface area contributed by atoms with Crippen LogP contribution in [0.1, 0.15) is 30.9 Å². The highest BCUT2D eigenvalue weighted by atomic mass is 16.2. The average Bonchev–Trinajstić information content (AvgIpc) is 3.25. The van der Waals surface area contributed by atoms with Crippen LogP contribution in [0.3, 0.4) is 0 Å². The van der Waals surface area contributed by atoms with Crippen molar-refractivity contribution in [2.24, 2.45) is 5.92 Å². The van der Waals surface area contributed by atoms with Crippen molar-refractivity contribution in [3.05, 3.63) is 70.1 Å². The Morgan fingerprint density at radius 1 is 1.24 bits per heavy atom. The third-order valence-electron chi connectivity index (χ3n) is 6.86. The lowest BCUT2D eigenvalue weighted by Gasteiger charge is -2.32. The third kappa shape index (κ3) is 4.18. The van der Waals surface area contributed by atoms with Crippen LogP contribution in [-0.4, -0.2) is 40.1 Å². The zero-order valence-corrected chi connectivity index (χ0v) is 19.8. The Balaban J connectivity index is 1.27. The molecule has 4 aromatic rings. The van der Waals surface area contributed by atoms with Gasteiger partial charge in [-0.25, -0.2) is 4.98 Å². The van der Waals surface area contributed by atoms with E-state index in [1.165, 1.54) is 16.5 Å². The van der Waals surface area contributed by atoms with Crippen LogP contribution in [-0.2, 0) is 17.8 Å². The summed E-state index contributed by atoms with van der Waals surface area (Å²) in [4.78, 5) is 36.2. The minimum Gasteiger partial charge on any atom is -0.361 e. The van der Waals surface area contributed by atoms with Gasteiger partial charge in [-0.05, 0) is 62.9 Å². The first-order valence-corrected chi connectivity index (χ1v) is 12.1. The summed E-state index contributed by atoms with van der Waals surface area (Å²) in [6, 6.07) is 14.1. The van der Waals surface area contributed by atoms with Crippen molar-refractivity contribution in [1.82, 2.24) is 19.9 Å². The number of benzene rings is 2. The molecule has 0 spiro atoms. The molecule has 7 nitrogen and oxygen atoms in total. The molecule has 34 heavy (non-hydrogen) atoms. The minimum absolute atomic E-state index is 0.0531. The van der Waals surface area contributed by atoms with E-state index < -0.39 is 0 Å². The standard InChI is InChI=1S/C27H31N5O2/c1-3-32-24-9-5-4-8-23(24)30-25(27(32)34)31-14-6-7-20(17-31)26(33)28-13-12-19-16-29-22-11-10-18(2)15-21(19)22/h4-5,8-11,15-16,20,29H,3,6-7,12-14,17H2,1-2H3,(H,28,33). The van der Waals surface area contributed by atoms with Gasteiger partial charge in [0.1, 0.15) is 0 Å². The van der Waals surface area contributed by atoms with Crippen molar-refractivity contribution in [3.63, 3.8) is 0 Å². The van der Waals surface area contributed by atoms with E-state index in [0.29, 0.717) is 25.5 Å². The lowest BCUT2D eigenvalue weighted by molar-refractivity contribution is -0.125. The first-order valence-electron chi connectivity index (χ1n) is 12.1. The molecule has 1 atom stereocenters. The first kappa shape index (κ1) is 22.2. The number of fused-ring (bicyclic) bond motifs is 2. The van der Waals surface area contributed by atoms with Crippen molar-refractivity contribution in [3.8, 4) is 0 Å². The highest BCUT2D eigenvalue weighted by Gasteiger charge is 2.28. The third-order valence-corrected chi connectivity index (χ3v) is 6.86. The molecule has 1 fully saturated rings. The molecule has 0 aliphatic carbocycles. The quantitative estimate of drug-likeness (QED) is 0.462. The Morgan fingerprint density at radius 2 is 2.09 bits per heavy atom. The maximum absolute atomic E-state index is 13.2. The second kappa shape index (κ2) is 9.33. The summed E-state index contributed by atoms with van der Waals surface area (Å²) in [6.45, 7) is 6.49. The van der Waals surface area contributed by atoms with Crippen LogP contribution in [0.4, 0.5) is 5.82 Å². The van der Waals surface area contributed by atoms with Gasteiger partial charge in [-0.2, -0.15) is 0 Å². The number of amides is 1. The van der Waals surface area contributed by atoms with Crippen LogP contribution in [0.15, 0.2) is 53.5 Å². The predicted molar refractivity (Wildman–Crippen MR) is 136 cm³/mol. The Labute approximate surface area is 198 Å². The van der Waals surface area contributed by atoms with E-state index in [1.54, 1.807) is 4.57 Å². The Kier molecular flexibility index (Phi) is 6.09. The summed E-state index contributed by atoms with van der Waals surface area (Å²) < 4.78 is 1.77. The molecule has 0 radical (unpaired) electrons. The molecule has 3 heterocycles. The van der Waals surface area contributed by atoms with E-state index in [9.17, 15) is 9.59 Å². The van der Waals surface area contributed by atoms with Crippen molar-refractivity contribution in [1.29, 1.82) is 0 Å². The minimum atomic E-state index is -0.151. The van der Waals surface area contributed by atoms with Gasteiger partial charge in [0, 0.05) is 43.3 Å². The highest BCUT2D eigenvalue weighted by Crippen LogP contribution is 2.23. The van der Waals surface area contributed by atoms with E-state index in [2.05, 4.69) is 35.4 Å². The van der Waals surface area contributed by atoms with Crippen LogP contribution < -0.4 is 15.8 Å². The highest BCUT2D eigenvalue weighted by molar-refractivity contribution is 5.84. The molecule has 2 aromatic carbocycles. The zero-order valence-electron chi connectivity index (χ0n) is 19.8. The molecule has 2 N–H and O–H groups in total. The fourth-order valence-corrected chi connectivity index (χ4v) is 5.05. The van der Waals surface area contributed by atoms with Gasteiger partial charge in [-0.3, -0.25) is 9.59 Å². The summed E-state index contributed by atoms with van der Waals surface area (Å²) in [6.07, 6.45) is 4.49. The van der Waals surface area contributed by atoms with Crippen LogP contribution in [0.25, 0.3) is 21.9 Å². The number of aromatic nitrogens is 3. The number of H-pyrrole nitrogens is 1. The number of para-hydroxylation sites is 2. The molecule has 5 rings (SSSR count). The van der Waals surface area contributed by atoms with Gasteiger partial charge in [0.25, 0.3) is 5.56 Å². The number of carbonyl (C=O) groups is 1. The summed E-state index contributed by atoms with van der Waals surface area (Å²) in [5.74, 6) is 0.353. The number of nitrogens with zero attached hydrogens (tertiary/aromatic N) is 3. The molecular formula is C27H31N5O2. The van der Waals surface area contributed by atoms with Crippen molar-refractivity contribution in [2.45, 2.75) is 39.7 Å². The molecule has 1 unspecified atom stereocenters. The lowest BCUT2D eigenvalue weighted by Crippen LogP contribution is -2.46. The average molecular weight is 458 g/mol. The number of carbonyl (C=O) groups excluding carboxylic acids is 1. The van der Waals surface area contributed by atoms with Crippen LogP contribution >= 0.6 is 0 Å². The molecule has 0 saturated carbocycles. The van der Waals surface area contributed by atoms with Crippen molar-refractivity contribution in [2.75, 3.05) is 24.5 Å². The molecule has 0 bridgehead atoms. The first-order chi connectivity index (χ1) is 16.5. The van der Waals surface area contributed by atoms with Gasteiger partial charge in [0.15, 0.2) is 5.82 Å². The number of nitrogens with one attached hydrogen (secondary N) is 2. The summed E-state index contributed by atoms with van der Waals surface area (Å²) in [5, 5.41) is 4.34. The molecule has 1 aliphatic rings. The van der Waals surface area contributed by atoms with E-state index in [1.807, 2.05) is 42.3 Å². The van der Waals surface area contributed by atoms with E-state index >= 15 is 0 Å². The number of aryl methyl sites for hydroxylation is 2. The largest absolute Gasteiger partial charge is 0.361 e. The van der Waals surface area contributed by atoms with E-state index in [0.717, 1.165) is 42.4 Å². The Bertz CT molecular complexity index is 1400. The number of hydrogen-bond donors (Lipinski definition) is 2. The summed E-state index contributed by atoms with van der Waals surface area (Å²) >= 11 is 0. The molecule has 1 amide bonds. The number of hydrogen-bond acceptors (Lipinski definition) is 4.